The van der Waals surface area contributed by atoms with Crippen LogP contribution in [0.25, 0.3) is 6.08 Å². The first-order valence-electron chi connectivity index (χ1n) is 8.49. The minimum Gasteiger partial charge on any atom is -0.454 e. The Hall–Kier alpha value is -2.73. The third-order valence-electron chi connectivity index (χ3n) is 3.99. The number of hydrogen-bond donors (Lipinski definition) is 0. The quantitative estimate of drug-likeness (QED) is 0.757. The van der Waals surface area contributed by atoms with E-state index in [1.807, 2.05) is 54.6 Å². The highest BCUT2D eigenvalue weighted by Gasteiger charge is 2.34. The summed E-state index contributed by atoms with van der Waals surface area (Å²) in [5, 5.41) is 0.718. The van der Waals surface area contributed by atoms with Crippen LogP contribution >= 0.6 is 11.8 Å². The maximum atomic E-state index is 13.0. The number of rotatable bonds is 4. The van der Waals surface area contributed by atoms with Gasteiger partial charge in [-0.3, -0.25) is 14.7 Å². The van der Waals surface area contributed by atoms with E-state index in [1.165, 1.54) is 11.8 Å². The lowest BCUT2D eigenvalue weighted by Crippen LogP contribution is -2.28. The van der Waals surface area contributed by atoms with Gasteiger partial charge in [0.25, 0.3) is 5.91 Å². The molecule has 6 heteroatoms. The highest BCUT2D eigenvalue weighted by Crippen LogP contribution is 2.38. The van der Waals surface area contributed by atoms with Crippen molar-refractivity contribution in [3.05, 3.63) is 59.0 Å². The monoisotopic (exact) mass is 366 g/mol. The van der Waals surface area contributed by atoms with Crippen molar-refractivity contribution >= 4 is 34.6 Å². The van der Waals surface area contributed by atoms with E-state index in [2.05, 4.69) is 11.9 Å². The van der Waals surface area contributed by atoms with E-state index in [9.17, 15) is 4.79 Å². The lowest BCUT2D eigenvalue weighted by molar-refractivity contribution is -0.113. The van der Waals surface area contributed by atoms with Crippen LogP contribution in [0.2, 0.25) is 0 Å². The molecule has 2 aromatic carbocycles. The Morgan fingerprint density at radius 2 is 1.96 bits per heavy atom. The fraction of sp³-hybridized carbons (Fsp3) is 0.200. The molecule has 26 heavy (non-hydrogen) atoms. The molecule has 0 aliphatic carbocycles. The zero-order valence-corrected chi connectivity index (χ0v) is 15.2. The molecular weight excluding hydrogens is 348 g/mol. The molecule has 1 saturated heterocycles. The van der Waals surface area contributed by atoms with Gasteiger partial charge in [-0.25, -0.2) is 0 Å². The van der Waals surface area contributed by atoms with E-state index in [0.29, 0.717) is 17.2 Å². The minimum atomic E-state index is -0.0614. The number of hydrogen-bond acceptors (Lipinski definition) is 5. The number of fused-ring (bicyclic) bond motifs is 1. The average molecular weight is 366 g/mol. The molecule has 2 aromatic rings. The molecule has 4 rings (SSSR count). The van der Waals surface area contributed by atoms with Crippen molar-refractivity contribution in [1.82, 2.24) is 0 Å². The predicted molar refractivity (Wildman–Crippen MR) is 105 cm³/mol. The Morgan fingerprint density at radius 3 is 2.77 bits per heavy atom. The fourth-order valence-electron chi connectivity index (χ4n) is 2.75. The molecule has 2 aliphatic heterocycles. The maximum absolute atomic E-state index is 13.0. The summed E-state index contributed by atoms with van der Waals surface area (Å²) < 4.78 is 10.8. The van der Waals surface area contributed by atoms with Gasteiger partial charge in [-0.15, -0.1) is 0 Å². The molecule has 0 aromatic heterocycles. The second kappa shape index (κ2) is 7.25. The lowest BCUT2D eigenvalue weighted by Gasteiger charge is -2.15. The van der Waals surface area contributed by atoms with Gasteiger partial charge in [0.05, 0.1) is 10.6 Å². The Kier molecular flexibility index (Phi) is 4.67. The standard InChI is InChI=1S/C20H18N2O3S/c1-2-10-21-20-22(15-6-4-3-5-7-15)19(23)18(26-20)12-14-8-9-16-17(11-14)25-13-24-16/h3-9,11-12H,2,10,13H2,1H3/b18-12-,21-20-. The largest absolute Gasteiger partial charge is 0.454 e. The van der Waals surface area contributed by atoms with Crippen LogP contribution < -0.4 is 14.4 Å². The number of aliphatic imine (C=N–C) groups is 1. The molecule has 1 amide bonds. The molecule has 0 atom stereocenters. The second-order valence-corrected chi connectivity index (χ2v) is 6.87. The van der Waals surface area contributed by atoms with Crippen LogP contribution in [-0.4, -0.2) is 24.4 Å². The van der Waals surface area contributed by atoms with Gasteiger partial charge >= 0.3 is 0 Å². The van der Waals surface area contributed by atoms with Gasteiger partial charge in [-0.05, 0) is 54.1 Å². The van der Waals surface area contributed by atoms with Crippen molar-refractivity contribution in [2.75, 3.05) is 18.2 Å². The van der Waals surface area contributed by atoms with Gasteiger partial charge < -0.3 is 9.47 Å². The van der Waals surface area contributed by atoms with Gasteiger partial charge in [-0.2, -0.15) is 0 Å². The minimum absolute atomic E-state index is 0.0614. The SMILES string of the molecule is CCC/N=C1\S/C(=C\c2ccc3c(c2)OCO3)C(=O)N1c1ccccc1. The van der Waals surface area contributed by atoms with E-state index >= 15 is 0 Å². The van der Waals surface area contributed by atoms with Gasteiger partial charge in [-0.1, -0.05) is 31.2 Å². The molecule has 5 nitrogen and oxygen atoms in total. The van der Waals surface area contributed by atoms with E-state index < -0.39 is 0 Å². The Morgan fingerprint density at radius 1 is 1.15 bits per heavy atom. The Labute approximate surface area is 156 Å². The van der Waals surface area contributed by atoms with Gasteiger partial charge in [0.2, 0.25) is 6.79 Å². The van der Waals surface area contributed by atoms with E-state index in [4.69, 9.17) is 9.47 Å². The van der Waals surface area contributed by atoms with Crippen molar-refractivity contribution in [2.24, 2.45) is 4.99 Å². The first-order chi connectivity index (χ1) is 12.8. The van der Waals surface area contributed by atoms with Crippen LogP contribution in [0.3, 0.4) is 0 Å². The number of anilines is 1. The lowest BCUT2D eigenvalue weighted by atomic mass is 10.2. The molecule has 0 radical (unpaired) electrons. The van der Waals surface area contributed by atoms with Crippen LogP contribution in [0.15, 0.2) is 58.4 Å². The summed E-state index contributed by atoms with van der Waals surface area (Å²) in [6.45, 7) is 3.00. The molecule has 1 fully saturated rings. The summed E-state index contributed by atoms with van der Waals surface area (Å²) >= 11 is 1.41. The Bertz CT molecular complexity index is 893. The summed E-state index contributed by atoms with van der Waals surface area (Å²) in [6.07, 6.45) is 2.81. The highest BCUT2D eigenvalue weighted by molar-refractivity contribution is 8.19. The van der Waals surface area contributed by atoms with Crippen molar-refractivity contribution < 1.29 is 14.3 Å². The average Bonchev–Trinajstić information content (AvgIpc) is 3.25. The van der Waals surface area contributed by atoms with Crippen LogP contribution in [0, 0.1) is 0 Å². The highest BCUT2D eigenvalue weighted by atomic mass is 32.2. The number of amides is 1. The van der Waals surface area contributed by atoms with Crippen LogP contribution in [0.4, 0.5) is 5.69 Å². The first-order valence-corrected chi connectivity index (χ1v) is 9.31. The molecule has 0 unspecified atom stereocenters. The van der Waals surface area contributed by atoms with Crippen molar-refractivity contribution in [2.45, 2.75) is 13.3 Å². The summed E-state index contributed by atoms with van der Waals surface area (Å²) in [4.78, 5) is 19.9. The molecular formula is C20H18N2O3S. The molecule has 2 heterocycles. The summed E-state index contributed by atoms with van der Waals surface area (Å²) in [5.74, 6) is 1.37. The number of ether oxygens (including phenoxy) is 2. The molecule has 0 spiro atoms. The summed E-state index contributed by atoms with van der Waals surface area (Å²) in [6, 6.07) is 15.3. The number of amidine groups is 1. The van der Waals surface area contributed by atoms with Gasteiger partial charge in [0.15, 0.2) is 16.7 Å². The predicted octanol–water partition coefficient (Wildman–Crippen LogP) is 4.30. The normalized spacial score (nSPS) is 19.0. The number of carbonyl (C=O) groups is 1. The molecule has 132 valence electrons. The van der Waals surface area contributed by atoms with Crippen molar-refractivity contribution in [3.8, 4) is 11.5 Å². The van der Waals surface area contributed by atoms with Crippen LogP contribution in [0.1, 0.15) is 18.9 Å². The number of carbonyl (C=O) groups excluding carboxylic acids is 1. The summed E-state index contributed by atoms with van der Waals surface area (Å²) in [5.41, 5.74) is 1.73. The van der Waals surface area contributed by atoms with Crippen molar-refractivity contribution in [3.63, 3.8) is 0 Å². The Balaban J connectivity index is 1.68. The van der Waals surface area contributed by atoms with Crippen LogP contribution in [-0.2, 0) is 4.79 Å². The number of nitrogens with zero attached hydrogens (tertiary/aromatic N) is 2. The summed E-state index contributed by atoms with van der Waals surface area (Å²) in [7, 11) is 0. The number of para-hydroxylation sites is 1. The van der Waals surface area contributed by atoms with E-state index in [-0.39, 0.29) is 12.7 Å². The van der Waals surface area contributed by atoms with Gasteiger partial charge in [0, 0.05) is 6.54 Å². The zero-order chi connectivity index (χ0) is 17.9. The molecule has 0 bridgehead atoms. The number of thioether (sulfide) groups is 1. The third-order valence-corrected chi connectivity index (χ3v) is 4.99. The first kappa shape index (κ1) is 16.7. The topological polar surface area (TPSA) is 51.1 Å². The third kappa shape index (κ3) is 3.20. The van der Waals surface area contributed by atoms with E-state index in [1.54, 1.807) is 4.90 Å². The zero-order valence-electron chi connectivity index (χ0n) is 14.3. The number of benzene rings is 2. The van der Waals surface area contributed by atoms with Crippen LogP contribution in [0.5, 0.6) is 11.5 Å². The fourth-order valence-corrected chi connectivity index (χ4v) is 3.75. The van der Waals surface area contributed by atoms with Gasteiger partial charge in [0.1, 0.15) is 0 Å². The smallest absolute Gasteiger partial charge is 0.271 e. The molecule has 0 saturated carbocycles. The maximum Gasteiger partial charge on any atom is 0.271 e. The second-order valence-electron chi connectivity index (χ2n) is 5.86. The molecule has 2 aliphatic rings. The van der Waals surface area contributed by atoms with E-state index in [0.717, 1.165) is 28.6 Å². The molecule has 0 N–H and O–H groups in total. The van der Waals surface area contributed by atoms with Crippen molar-refractivity contribution in [1.29, 1.82) is 0 Å².